The lowest BCUT2D eigenvalue weighted by molar-refractivity contribution is -0.129. The molecule has 1 aromatic carbocycles. The number of nitrogens with one attached hydrogen (secondary N) is 1. The number of fused-ring (bicyclic) bond motifs is 1. The standard InChI is InChI=1S/C22H25N3O3/c1-15-7-6-8-17-18(15)14-25(20(17)27)22(10-4-3-5-11-22)21(28)23-16-9-12-24(2)19(26)13-16/h6-9,12-13H,3-5,10-11,14H2,1-2H3,(H,23,28). The lowest BCUT2D eigenvalue weighted by Gasteiger charge is -2.43. The van der Waals surface area contributed by atoms with Crippen molar-refractivity contribution >= 4 is 17.5 Å². The topological polar surface area (TPSA) is 71.4 Å². The van der Waals surface area contributed by atoms with Crippen LogP contribution in [0.3, 0.4) is 0 Å². The molecule has 0 atom stereocenters. The summed E-state index contributed by atoms with van der Waals surface area (Å²) < 4.78 is 1.45. The van der Waals surface area contributed by atoms with Crippen LogP contribution in [0.15, 0.2) is 41.3 Å². The van der Waals surface area contributed by atoms with Gasteiger partial charge in [0.1, 0.15) is 5.54 Å². The largest absolute Gasteiger partial charge is 0.324 e. The fraction of sp³-hybridized carbons (Fsp3) is 0.409. The Hall–Kier alpha value is -2.89. The molecule has 1 saturated carbocycles. The van der Waals surface area contributed by atoms with E-state index in [1.54, 1.807) is 24.2 Å². The first-order valence-corrected chi connectivity index (χ1v) is 9.81. The van der Waals surface area contributed by atoms with Gasteiger partial charge in [-0.3, -0.25) is 14.4 Å². The Balaban J connectivity index is 1.68. The molecule has 6 nitrogen and oxygen atoms in total. The minimum atomic E-state index is -0.873. The molecule has 0 bridgehead atoms. The third kappa shape index (κ3) is 2.93. The van der Waals surface area contributed by atoms with E-state index in [1.165, 1.54) is 10.6 Å². The second-order valence-electron chi connectivity index (χ2n) is 7.90. The van der Waals surface area contributed by atoms with Gasteiger partial charge in [-0.25, -0.2) is 0 Å². The normalized spacial score (nSPS) is 18.1. The number of aryl methyl sites for hydroxylation is 2. The molecule has 1 aliphatic carbocycles. The number of nitrogens with zero attached hydrogens (tertiary/aromatic N) is 2. The Bertz CT molecular complexity index is 1000. The van der Waals surface area contributed by atoms with Crippen molar-refractivity contribution in [2.45, 2.75) is 51.1 Å². The lowest BCUT2D eigenvalue weighted by Crippen LogP contribution is -2.58. The Morgan fingerprint density at radius 3 is 2.54 bits per heavy atom. The highest BCUT2D eigenvalue weighted by Gasteiger charge is 2.49. The van der Waals surface area contributed by atoms with Gasteiger partial charge in [0.2, 0.25) is 5.91 Å². The minimum absolute atomic E-state index is 0.0697. The van der Waals surface area contributed by atoms with E-state index in [0.29, 0.717) is 30.6 Å². The molecule has 6 heteroatoms. The van der Waals surface area contributed by atoms with Crippen LogP contribution in [0, 0.1) is 6.92 Å². The third-order valence-corrected chi connectivity index (χ3v) is 6.18. The van der Waals surface area contributed by atoms with Gasteiger partial charge in [0.15, 0.2) is 0 Å². The molecular formula is C22H25N3O3. The van der Waals surface area contributed by atoms with Crippen molar-refractivity contribution in [1.29, 1.82) is 0 Å². The molecule has 1 aliphatic heterocycles. The van der Waals surface area contributed by atoms with E-state index in [9.17, 15) is 14.4 Å². The number of amides is 2. The number of anilines is 1. The molecule has 1 fully saturated rings. The van der Waals surface area contributed by atoms with E-state index < -0.39 is 5.54 Å². The van der Waals surface area contributed by atoms with Gasteiger partial charge in [0.05, 0.1) is 0 Å². The van der Waals surface area contributed by atoms with Gasteiger partial charge in [-0.1, -0.05) is 31.4 Å². The van der Waals surface area contributed by atoms with E-state index in [1.807, 2.05) is 25.1 Å². The Kier molecular flexibility index (Phi) is 4.57. The van der Waals surface area contributed by atoms with Crippen LogP contribution in [0.25, 0.3) is 0 Å². The third-order valence-electron chi connectivity index (χ3n) is 6.18. The summed E-state index contributed by atoms with van der Waals surface area (Å²) in [6.07, 6.45) is 5.79. The number of pyridine rings is 1. The molecule has 0 spiro atoms. The summed E-state index contributed by atoms with van der Waals surface area (Å²) in [7, 11) is 1.67. The minimum Gasteiger partial charge on any atom is -0.324 e. The molecule has 4 rings (SSSR count). The first-order valence-electron chi connectivity index (χ1n) is 9.81. The fourth-order valence-electron chi connectivity index (χ4n) is 4.46. The van der Waals surface area contributed by atoms with Crippen molar-refractivity contribution in [3.05, 3.63) is 63.6 Å². The number of benzene rings is 1. The lowest BCUT2D eigenvalue weighted by atomic mass is 9.79. The van der Waals surface area contributed by atoms with Crippen LogP contribution in [-0.2, 0) is 18.4 Å². The number of rotatable bonds is 3. The van der Waals surface area contributed by atoms with Crippen LogP contribution in [0.4, 0.5) is 5.69 Å². The molecule has 28 heavy (non-hydrogen) atoms. The highest BCUT2D eigenvalue weighted by atomic mass is 16.2. The Labute approximate surface area is 164 Å². The fourth-order valence-corrected chi connectivity index (χ4v) is 4.46. The average Bonchev–Trinajstić information content (AvgIpc) is 3.04. The van der Waals surface area contributed by atoms with E-state index in [2.05, 4.69) is 5.32 Å². The van der Waals surface area contributed by atoms with Crippen LogP contribution in [0.5, 0.6) is 0 Å². The van der Waals surface area contributed by atoms with Gasteiger partial charge < -0.3 is 14.8 Å². The molecule has 2 aromatic rings. The second-order valence-corrected chi connectivity index (χ2v) is 7.90. The van der Waals surface area contributed by atoms with Crippen LogP contribution in [-0.4, -0.2) is 26.8 Å². The van der Waals surface area contributed by atoms with Gasteiger partial charge in [-0.15, -0.1) is 0 Å². The van der Waals surface area contributed by atoms with E-state index in [-0.39, 0.29) is 17.4 Å². The molecule has 146 valence electrons. The summed E-state index contributed by atoms with van der Waals surface area (Å²) in [5.74, 6) is -0.265. The summed E-state index contributed by atoms with van der Waals surface area (Å²) in [5, 5.41) is 2.91. The quantitative estimate of drug-likeness (QED) is 0.891. The summed E-state index contributed by atoms with van der Waals surface area (Å²) in [4.78, 5) is 40.3. The maximum atomic E-state index is 13.4. The zero-order chi connectivity index (χ0) is 19.9. The molecule has 2 amide bonds. The summed E-state index contributed by atoms with van der Waals surface area (Å²) in [6.45, 7) is 2.47. The SMILES string of the molecule is Cc1cccc2c1CN(C1(C(=O)Nc3ccn(C)c(=O)c3)CCCCC1)C2=O. The highest BCUT2D eigenvalue weighted by molar-refractivity contribution is 6.06. The zero-order valence-electron chi connectivity index (χ0n) is 16.3. The van der Waals surface area contributed by atoms with Crippen LogP contribution in [0.1, 0.15) is 53.6 Å². The van der Waals surface area contributed by atoms with Gasteiger partial charge >= 0.3 is 0 Å². The van der Waals surface area contributed by atoms with Crippen LogP contribution < -0.4 is 10.9 Å². The Morgan fingerprint density at radius 1 is 1.11 bits per heavy atom. The van der Waals surface area contributed by atoms with Gasteiger partial charge in [0, 0.05) is 37.1 Å². The smallest absolute Gasteiger partial charge is 0.255 e. The summed E-state index contributed by atoms with van der Waals surface area (Å²) >= 11 is 0. The molecule has 2 heterocycles. The van der Waals surface area contributed by atoms with E-state index >= 15 is 0 Å². The molecule has 0 unspecified atom stereocenters. The monoisotopic (exact) mass is 379 g/mol. The number of hydrogen-bond donors (Lipinski definition) is 1. The van der Waals surface area contributed by atoms with Crippen molar-refractivity contribution in [2.24, 2.45) is 7.05 Å². The number of aromatic nitrogens is 1. The average molecular weight is 379 g/mol. The second kappa shape index (κ2) is 6.93. The van der Waals surface area contributed by atoms with Crippen molar-refractivity contribution in [3.63, 3.8) is 0 Å². The van der Waals surface area contributed by atoms with Crippen LogP contribution in [0.2, 0.25) is 0 Å². The zero-order valence-corrected chi connectivity index (χ0v) is 16.3. The van der Waals surface area contributed by atoms with Crippen molar-refractivity contribution < 1.29 is 9.59 Å². The molecular weight excluding hydrogens is 354 g/mol. The molecule has 0 radical (unpaired) electrons. The number of hydrogen-bond acceptors (Lipinski definition) is 3. The maximum absolute atomic E-state index is 13.4. The van der Waals surface area contributed by atoms with Crippen LogP contribution >= 0.6 is 0 Å². The summed E-state index contributed by atoms with van der Waals surface area (Å²) in [5.41, 5.74) is 2.20. The molecule has 0 saturated heterocycles. The number of carbonyl (C=O) groups is 2. The first-order chi connectivity index (χ1) is 13.4. The highest BCUT2D eigenvalue weighted by Crippen LogP contribution is 2.40. The van der Waals surface area contributed by atoms with Gasteiger partial charge in [-0.2, -0.15) is 0 Å². The maximum Gasteiger partial charge on any atom is 0.255 e. The van der Waals surface area contributed by atoms with Crippen molar-refractivity contribution in [3.8, 4) is 0 Å². The predicted molar refractivity (Wildman–Crippen MR) is 107 cm³/mol. The molecule has 1 N–H and O–H groups in total. The van der Waals surface area contributed by atoms with Gasteiger partial charge in [0.25, 0.3) is 11.5 Å². The molecule has 2 aliphatic rings. The molecule has 1 aromatic heterocycles. The van der Waals surface area contributed by atoms with Gasteiger partial charge in [-0.05, 0) is 43.0 Å². The van der Waals surface area contributed by atoms with Crippen molar-refractivity contribution in [1.82, 2.24) is 9.47 Å². The first kappa shape index (κ1) is 18.5. The van der Waals surface area contributed by atoms with E-state index in [0.717, 1.165) is 30.4 Å². The number of carbonyl (C=O) groups excluding carboxylic acids is 2. The predicted octanol–water partition coefficient (Wildman–Crippen LogP) is 2.99. The van der Waals surface area contributed by atoms with Crippen molar-refractivity contribution in [2.75, 3.05) is 5.32 Å². The summed E-state index contributed by atoms with van der Waals surface area (Å²) in [6, 6.07) is 8.87. The Morgan fingerprint density at radius 2 is 1.86 bits per heavy atom. The van der Waals surface area contributed by atoms with E-state index in [4.69, 9.17) is 0 Å².